The Bertz CT molecular complexity index is 769. The summed E-state index contributed by atoms with van der Waals surface area (Å²) < 4.78 is 0.930. The number of carbonyl (C=O) groups is 2. The van der Waals surface area contributed by atoms with Crippen molar-refractivity contribution in [3.63, 3.8) is 0 Å². The van der Waals surface area contributed by atoms with E-state index in [1.54, 1.807) is 6.07 Å². The fraction of sp³-hybridized carbons (Fsp3) is 0.316. The van der Waals surface area contributed by atoms with Gasteiger partial charge >= 0.3 is 0 Å². The van der Waals surface area contributed by atoms with Crippen molar-refractivity contribution in [1.82, 2.24) is 4.98 Å². The van der Waals surface area contributed by atoms with Crippen LogP contribution in [-0.2, 0) is 4.79 Å². The standard InChI is InChI=1S/C19H20BrN3O2/c1-13-17(20)6-7-18(21-13)22-19(25)15-8-10-23(11-9-15)16-4-2-14(12-24)3-5-16/h2-7,12,15H,8-11H2,1H3,(H,21,22,25). The SMILES string of the molecule is Cc1nc(NC(=O)C2CCN(c3ccc(C=O)cc3)CC2)ccc1Br. The molecule has 2 heterocycles. The molecule has 1 saturated heterocycles. The Labute approximate surface area is 155 Å². The Morgan fingerprint density at radius 3 is 2.48 bits per heavy atom. The van der Waals surface area contributed by atoms with Crippen molar-refractivity contribution in [2.75, 3.05) is 23.3 Å². The monoisotopic (exact) mass is 401 g/mol. The van der Waals surface area contributed by atoms with Crippen LogP contribution in [0.3, 0.4) is 0 Å². The van der Waals surface area contributed by atoms with Crippen molar-refractivity contribution in [3.8, 4) is 0 Å². The third-order valence-electron chi connectivity index (χ3n) is 4.53. The summed E-state index contributed by atoms with van der Waals surface area (Å²) in [7, 11) is 0. The predicted molar refractivity (Wildman–Crippen MR) is 102 cm³/mol. The number of piperidine rings is 1. The smallest absolute Gasteiger partial charge is 0.228 e. The average Bonchev–Trinajstić information content (AvgIpc) is 2.65. The molecule has 1 aromatic heterocycles. The van der Waals surface area contributed by atoms with E-state index in [9.17, 15) is 9.59 Å². The molecule has 1 N–H and O–H groups in total. The van der Waals surface area contributed by atoms with Crippen molar-refractivity contribution in [1.29, 1.82) is 0 Å². The molecule has 1 amide bonds. The number of hydrogen-bond donors (Lipinski definition) is 1. The van der Waals surface area contributed by atoms with Gasteiger partial charge in [-0.25, -0.2) is 4.98 Å². The fourth-order valence-corrected chi connectivity index (χ4v) is 3.23. The number of aldehydes is 1. The molecule has 0 saturated carbocycles. The van der Waals surface area contributed by atoms with Crippen LogP contribution < -0.4 is 10.2 Å². The average molecular weight is 402 g/mol. The minimum atomic E-state index is -0.00347. The normalized spacial score (nSPS) is 15.0. The molecule has 0 atom stereocenters. The zero-order valence-electron chi connectivity index (χ0n) is 14.0. The molecule has 3 rings (SSSR count). The largest absolute Gasteiger partial charge is 0.371 e. The Hall–Kier alpha value is -2.21. The van der Waals surface area contributed by atoms with E-state index in [0.717, 1.165) is 48.1 Å². The van der Waals surface area contributed by atoms with Gasteiger partial charge in [0, 0.05) is 34.7 Å². The van der Waals surface area contributed by atoms with Crippen LogP contribution in [0.1, 0.15) is 28.9 Å². The van der Waals surface area contributed by atoms with Crippen LogP contribution in [-0.4, -0.2) is 30.3 Å². The second-order valence-electron chi connectivity index (χ2n) is 6.22. The van der Waals surface area contributed by atoms with Crippen LogP contribution in [0.15, 0.2) is 40.9 Å². The molecule has 2 aromatic rings. The second-order valence-corrected chi connectivity index (χ2v) is 7.08. The van der Waals surface area contributed by atoms with Gasteiger partial charge in [0.15, 0.2) is 0 Å². The number of hydrogen-bond acceptors (Lipinski definition) is 4. The molecule has 0 radical (unpaired) electrons. The number of pyridine rings is 1. The molecular formula is C19H20BrN3O2. The predicted octanol–water partition coefficient (Wildman–Crippen LogP) is 3.82. The Kier molecular flexibility index (Phi) is 5.48. The molecule has 5 nitrogen and oxygen atoms in total. The van der Waals surface area contributed by atoms with E-state index in [1.807, 2.05) is 37.3 Å². The fourth-order valence-electron chi connectivity index (χ4n) is 3.01. The second kappa shape index (κ2) is 7.78. The summed E-state index contributed by atoms with van der Waals surface area (Å²) >= 11 is 3.41. The van der Waals surface area contributed by atoms with Crippen molar-refractivity contribution in [2.45, 2.75) is 19.8 Å². The number of benzene rings is 1. The number of aromatic nitrogens is 1. The number of anilines is 2. The summed E-state index contributed by atoms with van der Waals surface area (Å²) in [6.07, 6.45) is 2.45. The highest BCUT2D eigenvalue weighted by atomic mass is 79.9. The summed E-state index contributed by atoms with van der Waals surface area (Å²) in [6, 6.07) is 11.3. The lowest BCUT2D eigenvalue weighted by atomic mass is 9.95. The molecule has 6 heteroatoms. The highest BCUT2D eigenvalue weighted by Gasteiger charge is 2.25. The lowest BCUT2D eigenvalue weighted by molar-refractivity contribution is -0.120. The summed E-state index contributed by atoms with van der Waals surface area (Å²) in [4.78, 5) is 29.8. The summed E-state index contributed by atoms with van der Waals surface area (Å²) in [5, 5.41) is 2.92. The van der Waals surface area contributed by atoms with Crippen LogP contribution in [0.2, 0.25) is 0 Å². The van der Waals surface area contributed by atoms with E-state index < -0.39 is 0 Å². The van der Waals surface area contributed by atoms with Gasteiger partial charge in [-0.05, 0) is 72.1 Å². The number of nitrogens with one attached hydrogen (secondary N) is 1. The van der Waals surface area contributed by atoms with E-state index in [1.165, 1.54) is 0 Å². The van der Waals surface area contributed by atoms with E-state index in [0.29, 0.717) is 11.4 Å². The first-order valence-electron chi connectivity index (χ1n) is 8.31. The van der Waals surface area contributed by atoms with Crippen LogP contribution in [0.25, 0.3) is 0 Å². The molecule has 0 spiro atoms. The number of nitrogens with zero attached hydrogens (tertiary/aromatic N) is 2. The topological polar surface area (TPSA) is 62.3 Å². The van der Waals surface area contributed by atoms with Crippen molar-refractivity contribution >= 4 is 39.6 Å². The van der Waals surface area contributed by atoms with E-state index in [-0.39, 0.29) is 11.8 Å². The molecule has 1 fully saturated rings. The highest BCUT2D eigenvalue weighted by Crippen LogP contribution is 2.25. The van der Waals surface area contributed by atoms with Gasteiger partial charge in [0.1, 0.15) is 12.1 Å². The number of carbonyl (C=O) groups excluding carboxylic acids is 2. The van der Waals surface area contributed by atoms with Gasteiger partial charge in [-0.15, -0.1) is 0 Å². The molecule has 0 bridgehead atoms. The molecule has 25 heavy (non-hydrogen) atoms. The van der Waals surface area contributed by atoms with E-state index >= 15 is 0 Å². The van der Waals surface area contributed by atoms with Crippen LogP contribution in [0.4, 0.5) is 11.5 Å². The maximum Gasteiger partial charge on any atom is 0.228 e. The molecular weight excluding hydrogens is 382 g/mol. The first-order chi connectivity index (χ1) is 12.1. The zero-order chi connectivity index (χ0) is 17.8. The molecule has 1 aromatic carbocycles. The van der Waals surface area contributed by atoms with E-state index in [4.69, 9.17) is 0 Å². The van der Waals surface area contributed by atoms with Crippen LogP contribution >= 0.6 is 15.9 Å². The zero-order valence-corrected chi connectivity index (χ0v) is 15.6. The minimum absolute atomic E-state index is 0.00347. The lowest BCUT2D eigenvalue weighted by Gasteiger charge is -2.33. The molecule has 1 aliphatic rings. The maximum atomic E-state index is 12.5. The lowest BCUT2D eigenvalue weighted by Crippen LogP contribution is -2.38. The number of rotatable bonds is 4. The van der Waals surface area contributed by atoms with Gasteiger partial charge in [0.2, 0.25) is 5.91 Å². The first-order valence-corrected chi connectivity index (χ1v) is 9.10. The third-order valence-corrected chi connectivity index (χ3v) is 5.37. The number of aryl methyl sites for hydroxylation is 1. The Balaban J connectivity index is 1.56. The van der Waals surface area contributed by atoms with Crippen molar-refractivity contribution in [2.24, 2.45) is 5.92 Å². The van der Waals surface area contributed by atoms with Gasteiger partial charge in [0.25, 0.3) is 0 Å². The Morgan fingerprint density at radius 1 is 1.20 bits per heavy atom. The van der Waals surface area contributed by atoms with Gasteiger partial charge in [0.05, 0.1) is 5.69 Å². The quantitative estimate of drug-likeness (QED) is 0.790. The van der Waals surface area contributed by atoms with Crippen LogP contribution in [0.5, 0.6) is 0 Å². The molecule has 0 aliphatic carbocycles. The molecule has 1 aliphatic heterocycles. The van der Waals surface area contributed by atoms with Gasteiger partial charge < -0.3 is 10.2 Å². The summed E-state index contributed by atoms with van der Waals surface area (Å²) in [5.74, 6) is 0.624. The highest BCUT2D eigenvalue weighted by molar-refractivity contribution is 9.10. The van der Waals surface area contributed by atoms with Gasteiger partial charge in [-0.1, -0.05) is 0 Å². The number of amides is 1. The number of halogens is 1. The maximum absolute atomic E-state index is 12.5. The Morgan fingerprint density at radius 2 is 1.88 bits per heavy atom. The van der Waals surface area contributed by atoms with Crippen molar-refractivity contribution in [3.05, 3.63) is 52.1 Å². The van der Waals surface area contributed by atoms with E-state index in [2.05, 4.69) is 31.1 Å². The first kappa shape index (κ1) is 17.6. The minimum Gasteiger partial charge on any atom is -0.371 e. The summed E-state index contributed by atoms with van der Waals surface area (Å²) in [6.45, 7) is 3.55. The molecule has 0 unspecified atom stereocenters. The molecule has 130 valence electrons. The van der Waals surface area contributed by atoms with Crippen molar-refractivity contribution < 1.29 is 9.59 Å². The van der Waals surface area contributed by atoms with Gasteiger partial charge in [-0.2, -0.15) is 0 Å². The van der Waals surface area contributed by atoms with Gasteiger partial charge in [-0.3, -0.25) is 9.59 Å². The third kappa shape index (κ3) is 4.25. The van der Waals surface area contributed by atoms with Crippen LogP contribution in [0, 0.1) is 12.8 Å². The summed E-state index contributed by atoms with van der Waals surface area (Å²) in [5.41, 5.74) is 2.62.